The van der Waals surface area contributed by atoms with Crippen LogP contribution in [0.4, 0.5) is 0 Å². The molecule has 102 valence electrons. The van der Waals surface area contributed by atoms with Crippen molar-refractivity contribution in [2.45, 2.75) is 46.6 Å². The van der Waals surface area contributed by atoms with Gasteiger partial charge in [-0.2, -0.15) is 0 Å². The first-order chi connectivity index (χ1) is 8.88. The Morgan fingerprint density at radius 2 is 1.95 bits per heavy atom. The van der Waals surface area contributed by atoms with Crippen LogP contribution >= 0.6 is 11.3 Å². The van der Waals surface area contributed by atoms with Gasteiger partial charge in [-0.15, -0.1) is 11.3 Å². The Kier molecular flexibility index (Phi) is 3.95. The summed E-state index contributed by atoms with van der Waals surface area (Å²) in [5.74, 6) is 0.951. The number of aromatic nitrogens is 1. The zero-order valence-electron chi connectivity index (χ0n) is 12.3. The summed E-state index contributed by atoms with van der Waals surface area (Å²) in [5.41, 5.74) is 3.70. The van der Waals surface area contributed by atoms with Gasteiger partial charge in [0.1, 0.15) is 17.4 Å². The van der Waals surface area contributed by atoms with Crippen molar-refractivity contribution in [3.8, 4) is 5.75 Å². The van der Waals surface area contributed by atoms with Crippen LogP contribution in [0.25, 0.3) is 0 Å². The van der Waals surface area contributed by atoms with Gasteiger partial charge in [0.25, 0.3) is 0 Å². The van der Waals surface area contributed by atoms with E-state index in [0.717, 1.165) is 16.5 Å². The molecule has 0 radical (unpaired) electrons. The fourth-order valence-corrected chi connectivity index (χ4v) is 2.67. The van der Waals surface area contributed by atoms with E-state index in [-0.39, 0.29) is 5.41 Å². The van der Waals surface area contributed by atoms with Gasteiger partial charge >= 0.3 is 0 Å². The average Bonchev–Trinajstić information content (AvgIpc) is 2.79. The highest BCUT2D eigenvalue weighted by atomic mass is 32.1. The molecule has 1 aromatic carbocycles. The zero-order valence-corrected chi connectivity index (χ0v) is 13.1. The maximum absolute atomic E-state index is 5.88. The molecule has 0 fully saturated rings. The molecule has 1 aromatic heterocycles. The smallest absolute Gasteiger partial charge is 0.140 e. The van der Waals surface area contributed by atoms with Crippen LogP contribution in [0.5, 0.6) is 5.75 Å². The monoisotopic (exact) mass is 275 g/mol. The first-order valence-corrected chi connectivity index (χ1v) is 7.40. The van der Waals surface area contributed by atoms with Gasteiger partial charge in [0.2, 0.25) is 0 Å². The van der Waals surface area contributed by atoms with E-state index >= 15 is 0 Å². The second-order valence-electron chi connectivity index (χ2n) is 5.86. The number of hydrogen-bond donors (Lipinski definition) is 0. The van der Waals surface area contributed by atoms with Crippen LogP contribution in [0.3, 0.4) is 0 Å². The predicted molar refractivity (Wildman–Crippen MR) is 81.1 cm³/mol. The summed E-state index contributed by atoms with van der Waals surface area (Å²) in [5, 5.41) is 3.16. The maximum atomic E-state index is 5.88. The van der Waals surface area contributed by atoms with Gasteiger partial charge < -0.3 is 4.74 Å². The fraction of sp³-hybridized carbons (Fsp3) is 0.438. The van der Waals surface area contributed by atoms with Crippen LogP contribution in [0, 0.1) is 13.8 Å². The number of thiazole rings is 1. The van der Waals surface area contributed by atoms with E-state index in [4.69, 9.17) is 4.74 Å². The van der Waals surface area contributed by atoms with Crippen LogP contribution in [-0.2, 0) is 12.0 Å². The third-order valence-corrected chi connectivity index (χ3v) is 4.05. The lowest BCUT2D eigenvalue weighted by Gasteiger charge is -2.14. The summed E-state index contributed by atoms with van der Waals surface area (Å²) >= 11 is 1.67. The van der Waals surface area contributed by atoms with E-state index in [1.807, 2.05) is 12.1 Å². The van der Waals surface area contributed by atoms with Crippen LogP contribution in [-0.4, -0.2) is 4.98 Å². The molecule has 0 saturated heterocycles. The third-order valence-electron chi connectivity index (χ3n) is 3.23. The average molecular weight is 275 g/mol. The highest BCUT2D eigenvalue weighted by Gasteiger charge is 2.17. The standard InChI is InChI=1S/C16H21NOS/c1-11-7-6-8-13(12(11)2)18-9-15-17-14(10-19-15)16(3,4)5/h6-8,10H,9H2,1-5H3. The van der Waals surface area contributed by atoms with Gasteiger partial charge in [-0.25, -0.2) is 4.98 Å². The summed E-state index contributed by atoms with van der Waals surface area (Å²) in [4.78, 5) is 4.64. The zero-order chi connectivity index (χ0) is 14.0. The van der Waals surface area contributed by atoms with E-state index in [1.54, 1.807) is 11.3 Å². The lowest BCUT2D eigenvalue weighted by molar-refractivity contribution is 0.302. The highest BCUT2D eigenvalue weighted by molar-refractivity contribution is 7.09. The first-order valence-electron chi connectivity index (χ1n) is 6.52. The second kappa shape index (κ2) is 5.33. The van der Waals surface area contributed by atoms with Crippen molar-refractivity contribution in [2.24, 2.45) is 0 Å². The van der Waals surface area contributed by atoms with Gasteiger partial charge in [-0.05, 0) is 31.0 Å². The highest BCUT2D eigenvalue weighted by Crippen LogP contribution is 2.26. The number of ether oxygens (including phenoxy) is 1. The quantitative estimate of drug-likeness (QED) is 0.814. The largest absolute Gasteiger partial charge is 0.486 e. The molecule has 0 atom stereocenters. The van der Waals surface area contributed by atoms with Crippen molar-refractivity contribution < 1.29 is 4.74 Å². The third kappa shape index (κ3) is 3.35. The summed E-state index contributed by atoms with van der Waals surface area (Å²) < 4.78 is 5.88. The summed E-state index contributed by atoms with van der Waals surface area (Å²) in [6.45, 7) is 11.3. The first kappa shape index (κ1) is 14.1. The molecule has 0 bridgehead atoms. The fourth-order valence-electron chi connectivity index (χ4n) is 1.74. The number of rotatable bonds is 3. The van der Waals surface area contributed by atoms with Gasteiger partial charge in [0.05, 0.1) is 5.69 Å². The van der Waals surface area contributed by atoms with E-state index in [0.29, 0.717) is 6.61 Å². The lowest BCUT2D eigenvalue weighted by Crippen LogP contribution is -2.11. The second-order valence-corrected chi connectivity index (χ2v) is 6.81. The molecule has 2 aromatic rings. The van der Waals surface area contributed by atoms with Crippen molar-refractivity contribution in [3.05, 3.63) is 45.4 Å². The van der Waals surface area contributed by atoms with Crippen molar-refractivity contribution >= 4 is 11.3 Å². The van der Waals surface area contributed by atoms with Crippen LogP contribution < -0.4 is 4.74 Å². The maximum Gasteiger partial charge on any atom is 0.140 e. The molecule has 2 rings (SSSR count). The summed E-state index contributed by atoms with van der Waals surface area (Å²) in [7, 11) is 0. The number of aryl methyl sites for hydroxylation is 1. The minimum absolute atomic E-state index is 0.105. The topological polar surface area (TPSA) is 22.1 Å². The number of benzene rings is 1. The molecule has 2 nitrogen and oxygen atoms in total. The van der Waals surface area contributed by atoms with Crippen molar-refractivity contribution in [3.63, 3.8) is 0 Å². The predicted octanol–water partition coefficient (Wildman–Crippen LogP) is 4.64. The normalized spacial score (nSPS) is 11.6. The Bertz CT molecular complexity index is 566. The molecule has 0 amide bonds. The Labute approximate surface area is 119 Å². The molecule has 0 N–H and O–H groups in total. The van der Waals surface area contributed by atoms with Crippen molar-refractivity contribution in [2.75, 3.05) is 0 Å². The van der Waals surface area contributed by atoms with Crippen LogP contribution in [0.2, 0.25) is 0 Å². The molecule has 19 heavy (non-hydrogen) atoms. The molecular weight excluding hydrogens is 254 g/mol. The van der Waals surface area contributed by atoms with Gasteiger partial charge in [-0.3, -0.25) is 0 Å². The molecule has 3 heteroatoms. The van der Waals surface area contributed by atoms with E-state index < -0.39 is 0 Å². The Morgan fingerprint density at radius 3 is 2.58 bits per heavy atom. The molecule has 0 saturated carbocycles. The van der Waals surface area contributed by atoms with Crippen LogP contribution in [0.1, 0.15) is 42.6 Å². The molecule has 0 spiro atoms. The Hall–Kier alpha value is -1.35. The summed E-state index contributed by atoms with van der Waals surface area (Å²) in [6, 6.07) is 6.14. The molecule has 0 unspecified atom stereocenters. The minimum atomic E-state index is 0.105. The van der Waals surface area contributed by atoms with Gasteiger partial charge in [0, 0.05) is 10.8 Å². The summed E-state index contributed by atoms with van der Waals surface area (Å²) in [6.07, 6.45) is 0. The SMILES string of the molecule is Cc1cccc(OCc2nc(C(C)(C)C)cs2)c1C. The molecule has 0 aliphatic rings. The van der Waals surface area contributed by atoms with E-state index in [1.165, 1.54) is 11.1 Å². The van der Waals surface area contributed by atoms with Gasteiger partial charge in [-0.1, -0.05) is 32.9 Å². The van der Waals surface area contributed by atoms with Gasteiger partial charge in [0.15, 0.2) is 0 Å². The molecule has 0 aliphatic carbocycles. The molecule has 0 aliphatic heterocycles. The van der Waals surface area contributed by atoms with Crippen molar-refractivity contribution in [1.82, 2.24) is 4.98 Å². The number of nitrogens with zero attached hydrogens (tertiary/aromatic N) is 1. The van der Waals surface area contributed by atoms with E-state index in [9.17, 15) is 0 Å². The molecule has 1 heterocycles. The molecular formula is C16H21NOS. The Balaban J connectivity index is 2.07. The van der Waals surface area contributed by atoms with Crippen LogP contribution in [0.15, 0.2) is 23.6 Å². The Morgan fingerprint density at radius 1 is 1.21 bits per heavy atom. The van der Waals surface area contributed by atoms with E-state index in [2.05, 4.69) is 51.0 Å². The minimum Gasteiger partial charge on any atom is -0.486 e. The lowest BCUT2D eigenvalue weighted by atomic mass is 9.93. The number of hydrogen-bond acceptors (Lipinski definition) is 3. The van der Waals surface area contributed by atoms with Crippen molar-refractivity contribution in [1.29, 1.82) is 0 Å².